The quantitative estimate of drug-likeness (QED) is 0.370. The molecule has 3 aliphatic carbocycles. The molecule has 0 unspecified atom stereocenters. The van der Waals surface area contributed by atoms with Gasteiger partial charge >= 0.3 is 0 Å². The highest BCUT2D eigenvalue weighted by Gasteiger charge is 2.78. The van der Waals surface area contributed by atoms with E-state index in [2.05, 4.69) is 38.1 Å². The maximum absolute atomic E-state index is 10.5. The summed E-state index contributed by atoms with van der Waals surface area (Å²) in [6, 6.07) is 5.20. The Bertz CT molecular complexity index is 679. The number of hydrogen-bond acceptors (Lipinski definition) is 6. The smallest absolute Gasteiger partial charge is 0.175 e. The van der Waals surface area contributed by atoms with Gasteiger partial charge in [-0.3, -0.25) is 0 Å². The Kier molecular flexibility index (Phi) is 5.66. The van der Waals surface area contributed by atoms with Gasteiger partial charge in [-0.25, -0.2) is 4.99 Å². The third kappa shape index (κ3) is 2.38. The van der Waals surface area contributed by atoms with E-state index in [-0.39, 0.29) is 11.8 Å². The van der Waals surface area contributed by atoms with Crippen LogP contribution in [0.4, 0.5) is 0 Å². The van der Waals surface area contributed by atoms with Crippen molar-refractivity contribution < 1.29 is 0 Å². The van der Waals surface area contributed by atoms with E-state index in [0.717, 1.165) is 50.0 Å². The lowest BCUT2D eigenvalue weighted by Crippen LogP contribution is -2.62. The van der Waals surface area contributed by atoms with Gasteiger partial charge in [0.2, 0.25) is 0 Å². The highest BCUT2D eigenvalue weighted by atomic mass is 32.2. The molecular formula is C20H28N4S2. The molecule has 2 N–H and O–H groups in total. The maximum atomic E-state index is 10.5. The molecular weight excluding hydrogens is 360 g/mol. The normalized spacial score (nSPS) is 36.2. The number of fused-ring (bicyclic) bond motifs is 1. The summed E-state index contributed by atoms with van der Waals surface area (Å²) in [6.45, 7) is 4.35. The van der Waals surface area contributed by atoms with E-state index in [9.17, 15) is 10.5 Å². The highest BCUT2D eigenvalue weighted by Crippen LogP contribution is 2.73. The molecule has 4 nitrogen and oxygen atoms in total. The van der Waals surface area contributed by atoms with E-state index < -0.39 is 15.0 Å². The Morgan fingerprint density at radius 2 is 1.65 bits per heavy atom. The van der Waals surface area contributed by atoms with Crippen molar-refractivity contribution in [2.24, 2.45) is 33.4 Å². The summed E-state index contributed by atoms with van der Waals surface area (Å²) >= 11 is 3.52. The van der Waals surface area contributed by atoms with Gasteiger partial charge in [0.1, 0.15) is 16.7 Å². The van der Waals surface area contributed by atoms with Crippen LogP contribution in [0.3, 0.4) is 0 Å². The van der Waals surface area contributed by atoms with Crippen LogP contribution in [0.1, 0.15) is 52.4 Å². The van der Waals surface area contributed by atoms with Gasteiger partial charge in [-0.2, -0.15) is 10.5 Å². The zero-order chi connectivity index (χ0) is 18.8. The van der Waals surface area contributed by atoms with Crippen LogP contribution in [0.25, 0.3) is 0 Å². The van der Waals surface area contributed by atoms with Crippen molar-refractivity contribution in [2.45, 2.75) is 56.6 Å². The SMILES string of the molecule is CCCCSC1(SCCCC)N=C(N)[C@@]2(C#N)[C@H]3C=C[C@@H](CC3)[C@@]12C#N. The molecule has 26 heavy (non-hydrogen) atoms. The minimum Gasteiger partial charge on any atom is -0.386 e. The number of hydrogen-bond donors (Lipinski definition) is 1. The van der Waals surface area contributed by atoms with Crippen LogP contribution in [-0.4, -0.2) is 21.5 Å². The fourth-order valence-corrected chi connectivity index (χ4v) is 8.60. The van der Waals surface area contributed by atoms with Gasteiger partial charge in [0, 0.05) is 11.8 Å². The summed E-state index contributed by atoms with van der Waals surface area (Å²) < 4.78 is -0.667. The Hall–Kier alpha value is -1.11. The first-order chi connectivity index (χ1) is 12.6. The number of unbranched alkanes of at least 4 members (excludes halogenated alkanes) is 2. The Morgan fingerprint density at radius 1 is 1.08 bits per heavy atom. The van der Waals surface area contributed by atoms with Crippen molar-refractivity contribution >= 4 is 29.4 Å². The predicted molar refractivity (Wildman–Crippen MR) is 111 cm³/mol. The van der Waals surface area contributed by atoms with Gasteiger partial charge in [-0.05, 0) is 37.2 Å². The van der Waals surface area contributed by atoms with E-state index in [1.54, 1.807) is 23.5 Å². The topological polar surface area (TPSA) is 86.0 Å². The first-order valence-corrected chi connectivity index (χ1v) is 11.7. The molecule has 1 aliphatic heterocycles. The second-order valence-corrected chi connectivity index (χ2v) is 10.3. The van der Waals surface area contributed by atoms with Crippen molar-refractivity contribution in [3.8, 4) is 12.1 Å². The lowest BCUT2D eigenvalue weighted by Gasteiger charge is -2.56. The van der Waals surface area contributed by atoms with Crippen LogP contribution < -0.4 is 5.73 Å². The number of allylic oxidation sites excluding steroid dienone is 2. The number of nitrogens with zero attached hydrogens (tertiary/aromatic N) is 3. The second kappa shape index (κ2) is 7.49. The van der Waals surface area contributed by atoms with E-state index >= 15 is 0 Å². The largest absolute Gasteiger partial charge is 0.386 e. The molecule has 1 heterocycles. The van der Waals surface area contributed by atoms with Gasteiger partial charge in [0.15, 0.2) is 4.20 Å². The van der Waals surface area contributed by atoms with Crippen LogP contribution in [-0.2, 0) is 0 Å². The number of amidine groups is 1. The first kappa shape index (κ1) is 19.6. The molecule has 1 fully saturated rings. The molecule has 1 saturated carbocycles. The fraction of sp³-hybridized carbons (Fsp3) is 0.750. The van der Waals surface area contributed by atoms with Crippen molar-refractivity contribution in [1.82, 2.24) is 0 Å². The summed E-state index contributed by atoms with van der Waals surface area (Å²) in [5.74, 6) is 2.33. The van der Waals surface area contributed by atoms with Crippen LogP contribution in [0.5, 0.6) is 0 Å². The molecule has 0 aromatic carbocycles. The van der Waals surface area contributed by atoms with E-state index in [1.807, 2.05) is 0 Å². The number of rotatable bonds is 8. The number of aliphatic imine (C=N–C) groups is 1. The standard InChI is InChI=1S/C20H28N4S2/c1-3-5-11-25-20(26-12-6-4-2)19(14-22)16-9-7-15(8-10-16)18(19,13-21)17(23)24-20/h7,9,15-16H,3-6,8,10-12H2,1-2H3,(H2,23,24)/t15-,16-,18+,19+/m0/s1. The molecule has 0 aromatic heterocycles. The summed E-state index contributed by atoms with van der Waals surface area (Å²) in [5, 5.41) is 20.8. The van der Waals surface area contributed by atoms with Gasteiger partial charge in [0.25, 0.3) is 0 Å². The molecule has 0 saturated heterocycles. The zero-order valence-electron chi connectivity index (χ0n) is 15.7. The summed E-state index contributed by atoms with van der Waals surface area (Å²) in [7, 11) is 0. The number of nitriles is 2. The lowest BCUT2D eigenvalue weighted by molar-refractivity contribution is 0.0566. The van der Waals surface area contributed by atoms with Crippen LogP contribution in [0.15, 0.2) is 17.1 Å². The van der Waals surface area contributed by atoms with Crippen molar-refractivity contribution in [1.29, 1.82) is 10.5 Å². The molecule has 4 atom stereocenters. The average molecular weight is 389 g/mol. The molecule has 0 aromatic rings. The highest BCUT2D eigenvalue weighted by molar-refractivity contribution is 8.18. The Morgan fingerprint density at radius 3 is 2.12 bits per heavy atom. The predicted octanol–water partition coefficient (Wildman–Crippen LogP) is 4.69. The van der Waals surface area contributed by atoms with Crippen LogP contribution in [0.2, 0.25) is 0 Å². The lowest BCUT2D eigenvalue weighted by atomic mass is 9.46. The minimum absolute atomic E-state index is 0.00123. The summed E-state index contributed by atoms with van der Waals surface area (Å²) in [6.07, 6.45) is 10.6. The summed E-state index contributed by atoms with van der Waals surface area (Å²) in [5.41, 5.74) is 4.64. The van der Waals surface area contributed by atoms with Gasteiger partial charge in [-0.1, -0.05) is 38.8 Å². The number of thioether (sulfide) groups is 2. The third-order valence-electron chi connectivity index (χ3n) is 6.21. The molecule has 6 heteroatoms. The molecule has 4 aliphatic rings. The van der Waals surface area contributed by atoms with E-state index in [4.69, 9.17) is 10.7 Å². The van der Waals surface area contributed by atoms with Crippen molar-refractivity contribution in [3.05, 3.63) is 12.2 Å². The Balaban J connectivity index is 2.13. The summed E-state index contributed by atoms with van der Waals surface area (Å²) in [4.78, 5) is 4.97. The fourth-order valence-electron chi connectivity index (χ4n) is 4.85. The molecule has 0 spiro atoms. The first-order valence-electron chi connectivity index (χ1n) is 9.73. The average Bonchev–Trinajstić information content (AvgIpc) is 2.91. The van der Waals surface area contributed by atoms with E-state index in [1.165, 1.54) is 0 Å². The van der Waals surface area contributed by atoms with Crippen LogP contribution in [0, 0.1) is 45.3 Å². The molecule has 0 amide bonds. The van der Waals surface area contributed by atoms with E-state index in [0.29, 0.717) is 5.84 Å². The van der Waals surface area contributed by atoms with Crippen molar-refractivity contribution in [2.75, 3.05) is 11.5 Å². The van der Waals surface area contributed by atoms with Gasteiger partial charge in [-0.15, -0.1) is 23.5 Å². The third-order valence-corrected chi connectivity index (χ3v) is 9.51. The molecule has 140 valence electrons. The number of nitrogens with two attached hydrogens (primary N) is 1. The molecule has 4 rings (SSSR count). The van der Waals surface area contributed by atoms with Crippen molar-refractivity contribution in [3.63, 3.8) is 0 Å². The minimum atomic E-state index is -0.974. The monoisotopic (exact) mass is 388 g/mol. The molecule has 2 bridgehead atoms. The zero-order valence-corrected chi connectivity index (χ0v) is 17.3. The van der Waals surface area contributed by atoms with Gasteiger partial charge < -0.3 is 5.73 Å². The molecule has 0 radical (unpaired) electrons. The second-order valence-electron chi connectivity index (χ2n) is 7.50. The maximum Gasteiger partial charge on any atom is 0.175 e. The van der Waals surface area contributed by atoms with Crippen LogP contribution >= 0.6 is 23.5 Å². The Labute approximate surface area is 165 Å². The van der Waals surface area contributed by atoms with Gasteiger partial charge in [0.05, 0.1) is 12.1 Å².